The number of hydrogen-bond acceptors (Lipinski definition) is 2. The summed E-state index contributed by atoms with van der Waals surface area (Å²) >= 11 is 0. The molecule has 94 valence electrons. The number of aliphatic hydroxyl groups excluding tert-OH is 1. The third-order valence-corrected chi connectivity index (χ3v) is 3.07. The van der Waals surface area contributed by atoms with Crippen LogP contribution < -0.4 is 0 Å². The minimum absolute atomic E-state index is 0.142. The maximum atomic E-state index is 10.9. The zero-order chi connectivity index (χ0) is 13.4. The molecule has 1 aliphatic rings. The first-order chi connectivity index (χ1) is 7.57. The molecule has 1 aliphatic carbocycles. The molecule has 0 unspecified atom stereocenters. The molecule has 1 N–H and O–H groups in total. The van der Waals surface area contributed by atoms with Gasteiger partial charge in [-0.15, -0.1) is 0 Å². The van der Waals surface area contributed by atoms with Crippen LogP contribution >= 0.6 is 0 Å². The Balaban J connectivity index is 3.43. The summed E-state index contributed by atoms with van der Waals surface area (Å²) in [7, 11) is 0. The number of carbonyl (C=O) groups excluding carboxylic acids is 1. The Morgan fingerprint density at radius 2 is 1.65 bits per heavy atom. The first-order valence-electron chi connectivity index (χ1n) is 5.96. The Bertz CT molecular complexity index is 431. The molecule has 0 aromatic heterocycles. The van der Waals surface area contributed by atoms with Crippen LogP contribution in [0.1, 0.15) is 48.0 Å². The largest absolute Gasteiger partial charge is 0.508 e. The normalized spacial score (nSPS) is 18.0. The molecule has 0 saturated heterocycles. The van der Waals surface area contributed by atoms with Crippen LogP contribution in [0.15, 0.2) is 28.6 Å². The lowest BCUT2D eigenvalue weighted by molar-refractivity contribution is 0.344. The van der Waals surface area contributed by atoms with Gasteiger partial charge in [0.15, 0.2) is 0 Å². The standard InChI is InChI=1S/C15H22O2/c1-14(2,3)11-7-10(9-16)8-12(13(11)17)15(4,5)6/h7,17H,8H2,1-6H3. The molecule has 0 amide bonds. The van der Waals surface area contributed by atoms with Gasteiger partial charge in [-0.05, 0) is 22.5 Å². The molecule has 0 aliphatic heterocycles. The predicted octanol–water partition coefficient (Wildman–Crippen LogP) is 3.98. The molecule has 0 fully saturated rings. The van der Waals surface area contributed by atoms with E-state index in [-0.39, 0.29) is 10.8 Å². The summed E-state index contributed by atoms with van der Waals surface area (Å²) in [6.07, 6.45) is 2.27. The number of hydrogen-bond donors (Lipinski definition) is 1. The van der Waals surface area contributed by atoms with Gasteiger partial charge in [0, 0.05) is 17.6 Å². The highest BCUT2D eigenvalue weighted by Gasteiger charge is 2.31. The average Bonchev–Trinajstić information content (AvgIpc) is 2.14. The van der Waals surface area contributed by atoms with Gasteiger partial charge in [-0.2, -0.15) is 0 Å². The molecule has 0 aromatic carbocycles. The molecule has 0 heterocycles. The van der Waals surface area contributed by atoms with Gasteiger partial charge >= 0.3 is 0 Å². The fourth-order valence-corrected chi connectivity index (χ4v) is 1.99. The fraction of sp³-hybridized carbons (Fsp3) is 0.600. The quantitative estimate of drug-likeness (QED) is 0.644. The van der Waals surface area contributed by atoms with Gasteiger partial charge in [0.25, 0.3) is 0 Å². The molecule has 2 nitrogen and oxygen atoms in total. The summed E-state index contributed by atoms with van der Waals surface area (Å²) in [4.78, 5) is 10.9. The van der Waals surface area contributed by atoms with E-state index in [2.05, 4.69) is 0 Å². The smallest absolute Gasteiger partial charge is 0.128 e. The van der Waals surface area contributed by atoms with E-state index < -0.39 is 0 Å². The van der Waals surface area contributed by atoms with E-state index in [9.17, 15) is 9.90 Å². The van der Waals surface area contributed by atoms with Gasteiger partial charge < -0.3 is 5.11 Å². The number of aliphatic hydroxyl groups is 1. The van der Waals surface area contributed by atoms with E-state index in [0.717, 1.165) is 11.1 Å². The van der Waals surface area contributed by atoms with E-state index in [1.807, 2.05) is 47.5 Å². The second-order valence-electron chi connectivity index (χ2n) is 6.69. The zero-order valence-electron chi connectivity index (χ0n) is 11.6. The molecular formula is C15H22O2. The van der Waals surface area contributed by atoms with Crippen LogP contribution in [-0.2, 0) is 4.79 Å². The molecule has 1 rings (SSSR count). The summed E-state index contributed by atoms with van der Waals surface area (Å²) in [5, 5.41) is 10.4. The van der Waals surface area contributed by atoms with E-state index in [1.54, 1.807) is 6.08 Å². The van der Waals surface area contributed by atoms with Crippen molar-refractivity contribution in [1.82, 2.24) is 0 Å². The lowest BCUT2D eigenvalue weighted by Gasteiger charge is -2.32. The highest BCUT2D eigenvalue weighted by atomic mass is 16.3. The second-order valence-corrected chi connectivity index (χ2v) is 6.69. The van der Waals surface area contributed by atoms with Gasteiger partial charge in [0.05, 0.1) is 0 Å². The predicted molar refractivity (Wildman–Crippen MR) is 70.5 cm³/mol. The van der Waals surface area contributed by atoms with E-state index in [1.165, 1.54) is 0 Å². The van der Waals surface area contributed by atoms with Crippen molar-refractivity contribution >= 4 is 5.94 Å². The van der Waals surface area contributed by atoms with Crippen molar-refractivity contribution in [3.63, 3.8) is 0 Å². The first kappa shape index (κ1) is 13.8. The van der Waals surface area contributed by atoms with Crippen molar-refractivity contribution in [1.29, 1.82) is 0 Å². The Kier molecular flexibility index (Phi) is 3.40. The second kappa shape index (κ2) is 4.19. The first-order valence-corrected chi connectivity index (χ1v) is 5.96. The van der Waals surface area contributed by atoms with Gasteiger partial charge in [-0.3, -0.25) is 0 Å². The van der Waals surface area contributed by atoms with Crippen LogP contribution in [0.2, 0.25) is 0 Å². The summed E-state index contributed by atoms with van der Waals surface area (Å²) in [5.74, 6) is 2.32. The summed E-state index contributed by atoms with van der Waals surface area (Å²) in [6.45, 7) is 12.2. The van der Waals surface area contributed by atoms with Crippen LogP contribution in [0.4, 0.5) is 0 Å². The van der Waals surface area contributed by atoms with Crippen LogP contribution in [0.5, 0.6) is 0 Å². The summed E-state index contributed by atoms with van der Waals surface area (Å²) in [5.41, 5.74) is 2.05. The topological polar surface area (TPSA) is 37.3 Å². The van der Waals surface area contributed by atoms with Crippen LogP contribution in [0.3, 0.4) is 0 Å². The number of rotatable bonds is 0. The van der Waals surface area contributed by atoms with Gasteiger partial charge in [-0.25, -0.2) is 4.79 Å². The summed E-state index contributed by atoms with van der Waals surface area (Å²) < 4.78 is 0. The monoisotopic (exact) mass is 234 g/mol. The zero-order valence-corrected chi connectivity index (χ0v) is 11.6. The molecule has 0 aromatic rings. The Labute approximate surface area is 104 Å². The van der Waals surface area contributed by atoms with Crippen molar-refractivity contribution in [2.75, 3.05) is 0 Å². The molecule has 17 heavy (non-hydrogen) atoms. The minimum Gasteiger partial charge on any atom is -0.508 e. The Hall–Kier alpha value is -1.27. The van der Waals surface area contributed by atoms with Crippen molar-refractivity contribution in [3.8, 4) is 0 Å². The van der Waals surface area contributed by atoms with Crippen molar-refractivity contribution in [2.24, 2.45) is 10.8 Å². The Morgan fingerprint density at radius 1 is 1.12 bits per heavy atom. The highest BCUT2D eigenvalue weighted by molar-refractivity contribution is 5.63. The third kappa shape index (κ3) is 2.89. The van der Waals surface area contributed by atoms with Gasteiger partial charge in [0.1, 0.15) is 11.7 Å². The lowest BCUT2D eigenvalue weighted by atomic mass is 9.73. The van der Waals surface area contributed by atoms with Crippen LogP contribution in [-0.4, -0.2) is 11.0 Å². The molecule has 0 atom stereocenters. The maximum absolute atomic E-state index is 10.9. The maximum Gasteiger partial charge on any atom is 0.128 e. The molecule has 0 saturated carbocycles. The molecule has 2 heteroatoms. The third-order valence-electron chi connectivity index (χ3n) is 3.07. The number of allylic oxidation sites excluding steroid dienone is 4. The molecule has 0 radical (unpaired) electrons. The minimum atomic E-state index is -0.177. The van der Waals surface area contributed by atoms with Crippen LogP contribution in [0, 0.1) is 10.8 Å². The highest BCUT2D eigenvalue weighted by Crippen LogP contribution is 2.42. The molecular weight excluding hydrogens is 212 g/mol. The van der Waals surface area contributed by atoms with E-state index in [4.69, 9.17) is 0 Å². The molecule has 0 bridgehead atoms. The summed E-state index contributed by atoms with van der Waals surface area (Å²) in [6, 6.07) is 0. The van der Waals surface area contributed by atoms with Crippen LogP contribution in [0.25, 0.3) is 0 Å². The Morgan fingerprint density at radius 3 is 2.00 bits per heavy atom. The van der Waals surface area contributed by atoms with E-state index >= 15 is 0 Å². The lowest BCUT2D eigenvalue weighted by Crippen LogP contribution is -2.22. The van der Waals surface area contributed by atoms with Crippen molar-refractivity contribution in [3.05, 3.63) is 28.6 Å². The molecule has 0 spiro atoms. The van der Waals surface area contributed by atoms with Crippen molar-refractivity contribution in [2.45, 2.75) is 48.0 Å². The van der Waals surface area contributed by atoms with Gasteiger partial charge in [-0.1, -0.05) is 41.5 Å². The average molecular weight is 234 g/mol. The fourth-order valence-electron chi connectivity index (χ4n) is 1.99. The van der Waals surface area contributed by atoms with E-state index in [0.29, 0.717) is 17.8 Å². The van der Waals surface area contributed by atoms with Crippen molar-refractivity contribution < 1.29 is 9.90 Å². The SMILES string of the molecule is CC(C)(C)C1=CC(=C=O)CC(C(C)(C)C)=C1O. The van der Waals surface area contributed by atoms with Gasteiger partial charge in [0.2, 0.25) is 0 Å².